The van der Waals surface area contributed by atoms with Crippen LogP contribution >= 0.6 is 23.2 Å². The zero-order valence-corrected chi connectivity index (χ0v) is 20.1. The van der Waals surface area contributed by atoms with Crippen molar-refractivity contribution < 1.29 is 19.1 Å². The molecular formula is C25H22Cl2N4O4. The predicted molar refractivity (Wildman–Crippen MR) is 136 cm³/mol. The number of carbonyl (C=O) groups excluding carboxylic acids is 3. The number of carbonyl (C=O) groups is 3. The number of rotatable bonds is 8. The summed E-state index contributed by atoms with van der Waals surface area (Å²) in [5.41, 5.74) is 4.11. The van der Waals surface area contributed by atoms with E-state index in [-0.39, 0.29) is 23.6 Å². The number of anilines is 1. The fourth-order valence-electron chi connectivity index (χ4n) is 2.89. The van der Waals surface area contributed by atoms with E-state index in [0.29, 0.717) is 22.0 Å². The summed E-state index contributed by atoms with van der Waals surface area (Å²) in [6.07, 6.45) is 1.36. The molecule has 8 nitrogen and oxygen atoms in total. The molecule has 3 rings (SSSR count). The maximum Gasteiger partial charge on any atom is 0.329 e. The van der Waals surface area contributed by atoms with Crippen molar-refractivity contribution in [3.63, 3.8) is 0 Å². The van der Waals surface area contributed by atoms with Gasteiger partial charge in [-0.3, -0.25) is 14.4 Å². The molecule has 0 saturated carbocycles. The normalized spacial score (nSPS) is 11.5. The first-order valence-electron chi connectivity index (χ1n) is 10.5. The van der Waals surface area contributed by atoms with Crippen LogP contribution in [0.25, 0.3) is 0 Å². The fraction of sp³-hybridized carbons (Fsp3) is 0.120. The number of hydrogen-bond donors (Lipinski definition) is 3. The lowest BCUT2D eigenvalue weighted by molar-refractivity contribution is -0.136. The summed E-state index contributed by atoms with van der Waals surface area (Å²) in [5.74, 6) is -1.62. The molecule has 35 heavy (non-hydrogen) atoms. The Hall–Kier alpha value is -3.88. The average molecular weight is 513 g/mol. The SMILES string of the molecule is C[C@@H](NC(=O)COc1ccc(/C=N\NC(=O)C(=O)Nc2ccc(Cl)c(Cl)c2)cc1)c1ccccc1. The van der Waals surface area contributed by atoms with Crippen LogP contribution in [0.5, 0.6) is 5.75 Å². The molecule has 3 aromatic rings. The standard InChI is InChI=1S/C25H22Cl2N4O4/c1-16(18-5-3-2-4-6-18)29-23(32)15-35-20-10-7-17(8-11-20)14-28-31-25(34)24(33)30-19-9-12-21(26)22(27)13-19/h2-14,16H,15H2,1H3,(H,29,32)(H,30,33)(H,31,34)/b28-14-/t16-/m1/s1. The number of halogens is 2. The second-order valence-corrected chi connectivity index (χ2v) is 8.15. The molecule has 3 N–H and O–H groups in total. The van der Waals surface area contributed by atoms with Gasteiger partial charge in [-0.05, 0) is 60.5 Å². The number of nitrogens with one attached hydrogen (secondary N) is 3. The smallest absolute Gasteiger partial charge is 0.329 e. The molecule has 0 aromatic heterocycles. The van der Waals surface area contributed by atoms with E-state index in [1.54, 1.807) is 24.3 Å². The van der Waals surface area contributed by atoms with E-state index >= 15 is 0 Å². The molecule has 180 valence electrons. The Kier molecular flexibility index (Phi) is 9.23. The quantitative estimate of drug-likeness (QED) is 0.237. The molecule has 1 atom stereocenters. The molecular weight excluding hydrogens is 491 g/mol. The first-order chi connectivity index (χ1) is 16.8. The van der Waals surface area contributed by atoms with Crippen molar-refractivity contribution >= 4 is 52.8 Å². The van der Waals surface area contributed by atoms with Crippen LogP contribution in [0.4, 0.5) is 5.69 Å². The topological polar surface area (TPSA) is 109 Å². The van der Waals surface area contributed by atoms with Gasteiger partial charge in [0, 0.05) is 5.69 Å². The highest BCUT2D eigenvalue weighted by molar-refractivity contribution is 6.43. The summed E-state index contributed by atoms with van der Waals surface area (Å²) in [6.45, 7) is 1.77. The van der Waals surface area contributed by atoms with Crippen LogP contribution in [0.15, 0.2) is 77.9 Å². The third-order valence-corrected chi connectivity index (χ3v) is 5.43. The van der Waals surface area contributed by atoms with Crippen molar-refractivity contribution in [1.82, 2.24) is 10.7 Å². The maximum atomic E-state index is 12.1. The van der Waals surface area contributed by atoms with E-state index in [2.05, 4.69) is 21.2 Å². The minimum absolute atomic E-state index is 0.130. The van der Waals surface area contributed by atoms with Gasteiger partial charge >= 0.3 is 11.8 Å². The Bertz CT molecular complexity index is 1220. The molecule has 0 saturated heterocycles. The summed E-state index contributed by atoms with van der Waals surface area (Å²) in [7, 11) is 0. The largest absolute Gasteiger partial charge is 0.484 e. The van der Waals surface area contributed by atoms with Gasteiger partial charge in [0.2, 0.25) is 0 Å². The van der Waals surface area contributed by atoms with E-state index < -0.39 is 11.8 Å². The van der Waals surface area contributed by atoms with Gasteiger partial charge in [-0.2, -0.15) is 5.10 Å². The Balaban J connectivity index is 1.42. The van der Waals surface area contributed by atoms with Gasteiger partial charge in [-0.15, -0.1) is 0 Å². The van der Waals surface area contributed by atoms with Gasteiger partial charge in [0.15, 0.2) is 6.61 Å². The third kappa shape index (κ3) is 8.13. The number of benzene rings is 3. The average Bonchev–Trinajstić information content (AvgIpc) is 2.86. The van der Waals surface area contributed by atoms with Crippen molar-refractivity contribution in [2.75, 3.05) is 11.9 Å². The van der Waals surface area contributed by atoms with Crippen LogP contribution in [0, 0.1) is 0 Å². The van der Waals surface area contributed by atoms with Gasteiger partial charge in [0.25, 0.3) is 5.91 Å². The van der Waals surface area contributed by atoms with Crippen molar-refractivity contribution in [1.29, 1.82) is 0 Å². The number of hydrazone groups is 1. The van der Waals surface area contributed by atoms with Crippen molar-refractivity contribution in [3.05, 3.63) is 94.0 Å². The van der Waals surface area contributed by atoms with Crippen LogP contribution in [0.1, 0.15) is 24.1 Å². The summed E-state index contributed by atoms with van der Waals surface area (Å²) in [5, 5.41) is 9.61. The maximum absolute atomic E-state index is 12.1. The van der Waals surface area contributed by atoms with E-state index in [0.717, 1.165) is 5.56 Å². The van der Waals surface area contributed by atoms with Crippen LogP contribution in [0.2, 0.25) is 10.0 Å². The highest BCUT2D eigenvalue weighted by Gasteiger charge is 2.13. The molecule has 0 bridgehead atoms. The zero-order valence-electron chi connectivity index (χ0n) is 18.6. The highest BCUT2D eigenvalue weighted by atomic mass is 35.5. The molecule has 3 amide bonds. The summed E-state index contributed by atoms with van der Waals surface area (Å²) in [4.78, 5) is 36.0. The summed E-state index contributed by atoms with van der Waals surface area (Å²) in [6, 6.07) is 20.6. The Morgan fingerprint density at radius 1 is 0.943 bits per heavy atom. The molecule has 0 aliphatic carbocycles. The minimum Gasteiger partial charge on any atom is -0.484 e. The lowest BCUT2D eigenvalue weighted by Gasteiger charge is -2.14. The Morgan fingerprint density at radius 2 is 1.66 bits per heavy atom. The monoisotopic (exact) mass is 512 g/mol. The lowest BCUT2D eigenvalue weighted by atomic mass is 10.1. The Morgan fingerprint density at radius 3 is 2.34 bits per heavy atom. The van der Waals surface area contributed by atoms with E-state index in [1.807, 2.05) is 37.3 Å². The molecule has 0 heterocycles. The lowest BCUT2D eigenvalue weighted by Crippen LogP contribution is -2.32. The van der Waals surface area contributed by atoms with E-state index in [9.17, 15) is 14.4 Å². The molecule has 0 fully saturated rings. The molecule has 0 unspecified atom stereocenters. The number of amides is 3. The second kappa shape index (κ2) is 12.5. The molecule has 0 aliphatic heterocycles. The van der Waals surface area contributed by atoms with Gasteiger partial charge in [0.05, 0.1) is 22.3 Å². The minimum atomic E-state index is -0.956. The van der Waals surface area contributed by atoms with Crippen molar-refractivity contribution in [2.45, 2.75) is 13.0 Å². The predicted octanol–water partition coefficient (Wildman–Crippen LogP) is 4.34. The molecule has 0 radical (unpaired) electrons. The van der Waals surface area contributed by atoms with Gasteiger partial charge in [-0.1, -0.05) is 53.5 Å². The Labute approximate surface area is 212 Å². The van der Waals surface area contributed by atoms with E-state index in [1.165, 1.54) is 24.4 Å². The number of nitrogens with zero attached hydrogens (tertiary/aromatic N) is 1. The fourth-order valence-corrected chi connectivity index (χ4v) is 3.18. The van der Waals surface area contributed by atoms with Crippen molar-refractivity contribution in [3.8, 4) is 5.75 Å². The van der Waals surface area contributed by atoms with Crippen LogP contribution in [-0.4, -0.2) is 30.5 Å². The molecule has 3 aromatic carbocycles. The number of ether oxygens (including phenoxy) is 1. The highest BCUT2D eigenvalue weighted by Crippen LogP contribution is 2.24. The van der Waals surface area contributed by atoms with Gasteiger partial charge < -0.3 is 15.4 Å². The zero-order chi connectivity index (χ0) is 25.2. The van der Waals surface area contributed by atoms with Gasteiger partial charge in [0.1, 0.15) is 5.75 Å². The molecule has 10 heteroatoms. The molecule has 0 spiro atoms. The van der Waals surface area contributed by atoms with Gasteiger partial charge in [-0.25, -0.2) is 5.43 Å². The van der Waals surface area contributed by atoms with E-state index in [4.69, 9.17) is 27.9 Å². The second-order valence-electron chi connectivity index (χ2n) is 7.34. The molecule has 0 aliphatic rings. The van der Waals surface area contributed by atoms with Crippen LogP contribution < -0.4 is 20.8 Å². The van der Waals surface area contributed by atoms with Crippen molar-refractivity contribution in [2.24, 2.45) is 5.10 Å². The van der Waals surface area contributed by atoms with Crippen LogP contribution in [0.3, 0.4) is 0 Å². The summed E-state index contributed by atoms with van der Waals surface area (Å²) >= 11 is 11.7. The third-order valence-electron chi connectivity index (χ3n) is 4.69. The number of hydrogen-bond acceptors (Lipinski definition) is 5. The van der Waals surface area contributed by atoms with Crippen LogP contribution in [-0.2, 0) is 14.4 Å². The summed E-state index contributed by atoms with van der Waals surface area (Å²) < 4.78 is 5.51. The first-order valence-corrected chi connectivity index (χ1v) is 11.2. The first kappa shape index (κ1) is 25.7.